The predicted molar refractivity (Wildman–Crippen MR) is 105 cm³/mol. The first-order valence-electron chi connectivity index (χ1n) is 8.77. The first-order valence-corrected chi connectivity index (χ1v) is 9.75. The van der Waals surface area contributed by atoms with Crippen molar-refractivity contribution >= 4 is 17.7 Å². The molecule has 8 heteroatoms. The molecule has 1 N–H and O–H groups in total. The SMILES string of the molecule is CCn1c(SCC(=O)N[C@@](C)(C#N)C(C)C)nnc1-c1ccc(OC)cc1. The molecule has 144 valence electrons. The number of nitrogens with one attached hydrogen (secondary N) is 1. The molecule has 0 saturated heterocycles. The van der Waals surface area contributed by atoms with Crippen LogP contribution in [0.25, 0.3) is 11.4 Å². The molecule has 0 aliphatic rings. The van der Waals surface area contributed by atoms with Gasteiger partial charge in [-0.25, -0.2) is 0 Å². The van der Waals surface area contributed by atoms with Gasteiger partial charge < -0.3 is 14.6 Å². The van der Waals surface area contributed by atoms with E-state index in [4.69, 9.17) is 4.74 Å². The van der Waals surface area contributed by atoms with Crippen LogP contribution in [0.3, 0.4) is 0 Å². The van der Waals surface area contributed by atoms with Crippen molar-refractivity contribution in [1.82, 2.24) is 20.1 Å². The van der Waals surface area contributed by atoms with E-state index in [1.54, 1.807) is 14.0 Å². The van der Waals surface area contributed by atoms with E-state index in [9.17, 15) is 10.1 Å². The third kappa shape index (κ3) is 4.80. The molecule has 0 aliphatic carbocycles. The molecule has 1 aromatic carbocycles. The van der Waals surface area contributed by atoms with Crippen LogP contribution in [0.2, 0.25) is 0 Å². The van der Waals surface area contributed by atoms with Gasteiger partial charge in [0.1, 0.15) is 11.3 Å². The number of hydrogen-bond donors (Lipinski definition) is 1. The Morgan fingerprint density at radius 2 is 2.04 bits per heavy atom. The fourth-order valence-electron chi connectivity index (χ4n) is 2.39. The second kappa shape index (κ2) is 8.91. The Labute approximate surface area is 164 Å². The zero-order valence-corrected chi connectivity index (χ0v) is 17.1. The molecule has 1 heterocycles. The number of methoxy groups -OCH3 is 1. The number of hydrogen-bond acceptors (Lipinski definition) is 6. The zero-order valence-electron chi connectivity index (χ0n) is 16.3. The number of nitriles is 1. The van der Waals surface area contributed by atoms with Crippen molar-refractivity contribution in [1.29, 1.82) is 5.26 Å². The van der Waals surface area contributed by atoms with Crippen molar-refractivity contribution in [3.63, 3.8) is 0 Å². The second-order valence-corrected chi connectivity index (χ2v) is 7.53. The number of thioether (sulfide) groups is 1. The smallest absolute Gasteiger partial charge is 0.231 e. The van der Waals surface area contributed by atoms with Crippen molar-refractivity contribution in [2.45, 2.75) is 44.9 Å². The highest BCUT2D eigenvalue weighted by atomic mass is 32.2. The Kier molecular flexibility index (Phi) is 6.86. The minimum absolute atomic E-state index is 0.0115. The minimum atomic E-state index is -0.885. The van der Waals surface area contributed by atoms with Crippen molar-refractivity contribution in [3.05, 3.63) is 24.3 Å². The summed E-state index contributed by atoms with van der Waals surface area (Å²) in [6.07, 6.45) is 0. The summed E-state index contributed by atoms with van der Waals surface area (Å²) < 4.78 is 7.15. The molecule has 1 amide bonds. The largest absolute Gasteiger partial charge is 0.497 e. The molecule has 2 rings (SSSR count). The molecule has 0 aliphatic heterocycles. The van der Waals surface area contributed by atoms with Crippen LogP contribution in [-0.2, 0) is 11.3 Å². The lowest BCUT2D eigenvalue weighted by atomic mass is 9.90. The van der Waals surface area contributed by atoms with E-state index >= 15 is 0 Å². The van der Waals surface area contributed by atoms with E-state index in [2.05, 4.69) is 21.6 Å². The van der Waals surface area contributed by atoms with E-state index in [0.717, 1.165) is 17.1 Å². The first-order chi connectivity index (χ1) is 12.8. The van der Waals surface area contributed by atoms with Crippen molar-refractivity contribution in [3.8, 4) is 23.2 Å². The summed E-state index contributed by atoms with van der Waals surface area (Å²) in [5.74, 6) is 1.50. The Balaban J connectivity index is 2.10. The lowest BCUT2D eigenvalue weighted by Crippen LogP contribution is -2.49. The minimum Gasteiger partial charge on any atom is -0.497 e. The fraction of sp³-hybridized carbons (Fsp3) is 0.474. The molecule has 0 spiro atoms. The molecule has 1 atom stereocenters. The second-order valence-electron chi connectivity index (χ2n) is 6.58. The molecule has 0 bridgehead atoms. The summed E-state index contributed by atoms with van der Waals surface area (Å²) in [5, 5.41) is 21.3. The Morgan fingerprint density at radius 1 is 1.37 bits per heavy atom. The summed E-state index contributed by atoms with van der Waals surface area (Å²) >= 11 is 1.31. The molecule has 0 unspecified atom stereocenters. The van der Waals surface area contributed by atoms with Gasteiger partial charge in [0.05, 0.1) is 18.9 Å². The lowest BCUT2D eigenvalue weighted by Gasteiger charge is -2.27. The molecule has 2 aromatic rings. The number of rotatable bonds is 8. The highest BCUT2D eigenvalue weighted by molar-refractivity contribution is 7.99. The van der Waals surface area contributed by atoms with Gasteiger partial charge in [0.25, 0.3) is 0 Å². The fourth-order valence-corrected chi connectivity index (χ4v) is 3.19. The van der Waals surface area contributed by atoms with Crippen LogP contribution >= 0.6 is 11.8 Å². The van der Waals surface area contributed by atoms with Gasteiger partial charge >= 0.3 is 0 Å². The van der Waals surface area contributed by atoms with Gasteiger partial charge in [-0.2, -0.15) is 5.26 Å². The molecule has 0 radical (unpaired) electrons. The number of aromatic nitrogens is 3. The maximum Gasteiger partial charge on any atom is 0.231 e. The van der Waals surface area contributed by atoms with Gasteiger partial charge in [0.15, 0.2) is 11.0 Å². The van der Waals surface area contributed by atoms with Gasteiger partial charge in [-0.3, -0.25) is 4.79 Å². The number of ether oxygens (including phenoxy) is 1. The van der Waals surface area contributed by atoms with Crippen LogP contribution in [0.5, 0.6) is 5.75 Å². The van der Waals surface area contributed by atoms with Crippen LogP contribution in [0.15, 0.2) is 29.4 Å². The topological polar surface area (TPSA) is 92.8 Å². The van der Waals surface area contributed by atoms with Crippen LogP contribution in [0.1, 0.15) is 27.7 Å². The highest BCUT2D eigenvalue weighted by Crippen LogP contribution is 2.25. The Hall–Kier alpha value is -2.53. The Morgan fingerprint density at radius 3 is 2.56 bits per heavy atom. The molecular weight excluding hydrogens is 362 g/mol. The number of nitrogens with zero attached hydrogens (tertiary/aromatic N) is 4. The van der Waals surface area contributed by atoms with Crippen LogP contribution in [0, 0.1) is 17.2 Å². The summed E-state index contributed by atoms with van der Waals surface area (Å²) in [6, 6.07) is 9.78. The van der Waals surface area contributed by atoms with Gasteiger partial charge in [-0.1, -0.05) is 25.6 Å². The van der Waals surface area contributed by atoms with Gasteiger partial charge in [-0.15, -0.1) is 10.2 Å². The lowest BCUT2D eigenvalue weighted by molar-refractivity contribution is -0.120. The quantitative estimate of drug-likeness (QED) is 0.700. The summed E-state index contributed by atoms with van der Waals surface area (Å²) in [7, 11) is 1.62. The van der Waals surface area contributed by atoms with E-state index in [1.165, 1.54) is 11.8 Å². The third-order valence-corrected chi connectivity index (χ3v) is 5.47. The maximum atomic E-state index is 12.3. The first kappa shape index (κ1) is 20.8. The number of carbonyl (C=O) groups is 1. The van der Waals surface area contributed by atoms with E-state index in [-0.39, 0.29) is 17.6 Å². The van der Waals surface area contributed by atoms with Gasteiger partial charge in [0, 0.05) is 12.1 Å². The van der Waals surface area contributed by atoms with E-state index < -0.39 is 5.54 Å². The highest BCUT2D eigenvalue weighted by Gasteiger charge is 2.30. The average molecular weight is 388 g/mol. The molecule has 1 aromatic heterocycles. The van der Waals surface area contributed by atoms with E-state index in [0.29, 0.717) is 11.7 Å². The molecule has 0 fully saturated rings. The van der Waals surface area contributed by atoms with Crippen molar-refractivity contribution in [2.75, 3.05) is 12.9 Å². The standard InChI is InChI=1S/C19H25N5O2S/c1-6-24-17(14-7-9-15(26-5)10-8-14)22-23-18(24)27-11-16(25)21-19(4,12-20)13(2)3/h7-10,13H,6,11H2,1-5H3,(H,21,25)/t19-/m0/s1. The van der Waals surface area contributed by atoms with Crippen LogP contribution in [0.4, 0.5) is 0 Å². The molecule has 7 nitrogen and oxygen atoms in total. The maximum absolute atomic E-state index is 12.3. The van der Waals surface area contributed by atoms with Gasteiger partial charge in [0.2, 0.25) is 5.91 Å². The van der Waals surface area contributed by atoms with E-state index in [1.807, 2.05) is 49.6 Å². The summed E-state index contributed by atoms with van der Waals surface area (Å²) in [5.41, 5.74) is 0.0444. The monoisotopic (exact) mass is 387 g/mol. The van der Waals surface area contributed by atoms with Crippen LogP contribution < -0.4 is 10.1 Å². The zero-order chi connectivity index (χ0) is 20.0. The average Bonchev–Trinajstić information content (AvgIpc) is 3.09. The summed E-state index contributed by atoms with van der Waals surface area (Å²) in [4.78, 5) is 12.3. The third-order valence-electron chi connectivity index (χ3n) is 4.50. The van der Waals surface area contributed by atoms with Crippen LogP contribution in [-0.4, -0.2) is 39.1 Å². The number of carbonyl (C=O) groups excluding carboxylic acids is 1. The van der Waals surface area contributed by atoms with Crippen molar-refractivity contribution in [2.24, 2.45) is 5.92 Å². The van der Waals surface area contributed by atoms with Gasteiger partial charge in [-0.05, 0) is 44.0 Å². The molecule has 0 saturated carbocycles. The predicted octanol–water partition coefficient (Wildman–Crippen LogP) is 3.12. The Bertz CT molecular complexity index is 826. The molecule has 27 heavy (non-hydrogen) atoms. The number of benzene rings is 1. The number of amides is 1. The normalized spacial score (nSPS) is 13.1. The summed E-state index contributed by atoms with van der Waals surface area (Å²) in [6.45, 7) is 8.24. The van der Waals surface area contributed by atoms with Crippen molar-refractivity contribution < 1.29 is 9.53 Å². The molecular formula is C19H25N5O2S.